The van der Waals surface area contributed by atoms with Gasteiger partial charge in [0.25, 0.3) is 0 Å². The van der Waals surface area contributed by atoms with Crippen LogP contribution in [0.2, 0.25) is 0 Å². The molecule has 8 heteroatoms. The lowest BCUT2D eigenvalue weighted by Crippen LogP contribution is -2.55. The molecule has 0 aromatic rings. The molecule has 0 radical (unpaired) electrons. The Morgan fingerprint density at radius 2 is 1.73 bits per heavy atom. The van der Waals surface area contributed by atoms with Crippen molar-refractivity contribution in [2.75, 3.05) is 33.2 Å². The fourth-order valence-corrected chi connectivity index (χ4v) is 2.10. The molecule has 3 N–H and O–H groups in total. The van der Waals surface area contributed by atoms with Crippen molar-refractivity contribution in [1.82, 2.24) is 15.1 Å². The van der Waals surface area contributed by atoms with Crippen molar-refractivity contribution in [2.45, 2.75) is 38.8 Å². The predicted molar refractivity (Wildman–Crippen MR) is 81.0 cm³/mol. The second-order valence-electron chi connectivity index (χ2n) is 6.50. The molecule has 0 aromatic heterocycles. The summed E-state index contributed by atoms with van der Waals surface area (Å²) in [6, 6.07) is -0.990. The van der Waals surface area contributed by atoms with Crippen LogP contribution in [0.25, 0.3) is 0 Å². The number of hydrogen-bond donors (Lipinski definition) is 2. The van der Waals surface area contributed by atoms with E-state index in [2.05, 4.69) is 10.2 Å². The molecule has 1 heterocycles. The first-order valence-electron chi connectivity index (χ1n) is 7.33. The third-order valence-corrected chi connectivity index (χ3v) is 3.21. The highest BCUT2D eigenvalue weighted by atomic mass is 16.6. The van der Waals surface area contributed by atoms with Crippen LogP contribution in [-0.2, 0) is 14.3 Å². The lowest BCUT2D eigenvalue weighted by molar-refractivity contribution is -0.137. The number of alkyl carbamates (subject to hydrolysis) is 1. The Balaban J connectivity index is 2.68. The molecular weight excluding hydrogens is 288 g/mol. The van der Waals surface area contributed by atoms with E-state index in [1.54, 1.807) is 25.7 Å². The highest BCUT2D eigenvalue weighted by molar-refractivity contribution is 5.90. The van der Waals surface area contributed by atoms with Crippen LogP contribution in [0.1, 0.15) is 27.2 Å². The second kappa shape index (κ2) is 7.44. The average Bonchev–Trinajstić information content (AvgIpc) is 2.35. The Hall–Kier alpha value is -1.83. The Kier molecular flexibility index (Phi) is 6.16. The first-order chi connectivity index (χ1) is 10.1. The first kappa shape index (κ1) is 18.2. The molecule has 0 bridgehead atoms. The van der Waals surface area contributed by atoms with Gasteiger partial charge in [0, 0.05) is 26.2 Å². The smallest absolute Gasteiger partial charge is 0.408 e. The number of piperazine rings is 1. The molecule has 1 fully saturated rings. The van der Waals surface area contributed by atoms with Gasteiger partial charge < -0.3 is 25.6 Å². The van der Waals surface area contributed by atoms with E-state index in [1.165, 1.54) is 0 Å². The fraction of sp³-hybridized carbons (Fsp3) is 0.786. The third-order valence-electron chi connectivity index (χ3n) is 3.21. The summed E-state index contributed by atoms with van der Waals surface area (Å²) in [6.07, 6.45) is -0.981. The second-order valence-corrected chi connectivity index (χ2v) is 6.50. The van der Waals surface area contributed by atoms with Gasteiger partial charge in [-0.05, 0) is 27.8 Å². The summed E-state index contributed by atoms with van der Waals surface area (Å²) in [5.41, 5.74) is 4.49. The summed E-state index contributed by atoms with van der Waals surface area (Å²) >= 11 is 0. The Labute approximate surface area is 130 Å². The van der Waals surface area contributed by atoms with E-state index in [9.17, 15) is 14.4 Å². The summed E-state index contributed by atoms with van der Waals surface area (Å²) in [4.78, 5) is 39.2. The minimum atomic E-state index is -0.990. The third kappa shape index (κ3) is 6.30. The molecule has 1 saturated heterocycles. The normalized spacial score (nSPS) is 17.7. The van der Waals surface area contributed by atoms with Crippen LogP contribution in [-0.4, -0.2) is 72.6 Å². The first-order valence-corrected chi connectivity index (χ1v) is 7.33. The summed E-state index contributed by atoms with van der Waals surface area (Å²) in [5.74, 6) is -0.957. The van der Waals surface area contributed by atoms with E-state index in [1.807, 2.05) is 7.05 Å². The van der Waals surface area contributed by atoms with E-state index in [0.29, 0.717) is 13.1 Å². The number of carbonyl (C=O) groups excluding carboxylic acids is 3. The van der Waals surface area contributed by atoms with E-state index >= 15 is 0 Å². The van der Waals surface area contributed by atoms with Crippen LogP contribution in [0.3, 0.4) is 0 Å². The van der Waals surface area contributed by atoms with Gasteiger partial charge in [-0.25, -0.2) is 4.79 Å². The van der Waals surface area contributed by atoms with E-state index in [-0.39, 0.29) is 12.3 Å². The summed E-state index contributed by atoms with van der Waals surface area (Å²) < 4.78 is 5.12. The molecule has 8 nitrogen and oxygen atoms in total. The van der Waals surface area contributed by atoms with E-state index < -0.39 is 23.6 Å². The van der Waals surface area contributed by atoms with Crippen LogP contribution in [0.5, 0.6) is 0 Å². The molecule has 0 aliphatic carbocycles. The molecule has 0 unspecified atom stereocenters. The van der Waals surface area contributed by atoms with Gasteiger partial charge in [-0.2, -0.15) is 0 Å². The van der Waals surface area contributed by atoms with Crippen LogP contribution in [0, 0.1) is 0 Å². The molecule has 0 spiro atoms. The quantitative estimate of drug-likeness (QED) is 0.730. The highest BCUT2D eigenvalue weighted by Crippen LogP contribution is 2.09. The maximum atomic E-state index is 12.5. The summed E-state index contributed by atoms with van der Waals surface area (Å²) in [6.45, 7) is 7.78. The molecule has 0 aromatic carbocycles. The maximum absolute atomic E-state index is 12.5. The van der Waals surface area contributed by atoms with Crippen molar-refractivity contribution in [1.29, 1.82) is 0 Å². The Morgan fingerprint density at radius 1 is 1.18 bits per heavy atom. The van der Waals surface area contributed by atoms with Crippen LogP contribution in [0.15, 0.2) is 0 Å². The summed E-state index contributed by atoms with van der Waals surface area (Å²) in [7, 11) is 1.97. The van der Waals surface area contributed by atoms with Gasteiger partial charge in [-0.15, -0.1) is 0 Å². The predicted octanol–water partition coefficient (Wildman–Crippen LogP) is -0.471. The highest BCUT2D eigenvalue weighted by Gasteiger charge is 2.30. The Morgan fingerprint density at radius 3 is 2.18 bits per heavy atom. The number of rotatable bonds is 4. The zero-order chi connectivity index (χ0) is 16.9. The number of amides is 3. The van der Waals surface area contributed by atoms with Crippen molar-refractivity contribution in [3.05, 3.63) is 0 Å². The van der Waals surface area contributed by atoms with Gasteiger partial charge in [-0.1, -0.05) is 0 Å². The lowest BCUT2D eigenvalue weighted by Gasteiger charge is -2.34. The molecule has 0 saturated carbocycles. The van der Waals surface area contributed by atoms with Crippen LogP contribution in [0.4, 0.5) is 4.79 Å². The molecule has 22 heavy (non-hydrogen) atoms. The fourth-order valence-electron chi connectivity index (χ4n) is 2.10. The molecule has 1 aliphatic heterocycles. The molecule has 1 aliphatic rings. The van der Waals surface area contributed by atoms with Gasteiger partial charge in [0.1, 0.15) is 11.6 Å². The van der Waals surface area contributed by atoms with Crippen molar-refractivity contribution in [3.8, 4) is 0 Å². The summed E-state index contributed by atoms with van der Waals surface area (Å²) in [5, 5.41) is 2.45. The number of likely N-dealkylation sites (N-methyl/N-ethyl adjacent to an activating group) is 1. The maximum Gasteiger partial charge on any atom is 0.408 e. The van der Waals surface area contributed by atoms with Gasteiger partial charge >= 0.3 is 6.09 Å². The minimum Gasteiger partial charge on any atom is -0.444 e. The average molecular weight is 314 g/mol. The zero-order valence-corrected chi connectivity index (χ0v) is 13.7. The molecule has 1 rings (SSSR count). The standard InChI is InChI=1S/C14H26N4O4/c1-14(2,3)22-13(21)16-10(9-11(15)19)12(20)18-7-5-17(4)6-8-18/h10H,5-9H2,1-4H3,(H2,15,19)(H,16,21)/t10-/m0/s1. The van der Waals surface area contributed by atoms with Gasteiger partial charge in [0.2, 0.25) is 11.8 Å². The number of carbonyl (C=O) groups is 3. The van der Waals surface area contributed by atoms with Crippen LogP contribution < -0.4 is 11.1 Å². The monoisotopic (exact) mass is 314 g/mol. The number of primary amides is 1. The van der Waals surface area contributed by atoms with Crippen molar-refractivity contribution in [2.24, 2.45) is 5.73 Å². The van der Waals surface area contributed by atoms with Crippen molar-refractivity contribution >= 4 is 17.9 Å². The van der Waals surface area contributed by atoms with Crippen molar-refractivity contribution in [3.63, 3.8) is 0 Å². The number of ether oxygens (including phenoxy) is 1. The topological polar surface area (TPSA) is 105 Å². The van der Waals surface area contributed by atoms with Gasteiger partial charge in [0.05, 0.1) is 6.42 Å². The SMILES string of the molecule is CN1CCN(C(=O)[C@H](CC(N)=O)NC(=O)OC(C)(C)C)CC1. The minimum absolute atomic E-state index is 0.246. The molecule has 126 valence electrons. The van der Waals surface area contributed by atoms with Gasteiger partial charge in [0.15, 0.2) is 0 Å². The largest absolute Gasteiger partial charge is 0.444 e. The number of nitrogens with two attached hydrogens (primary N) is 1. The molecular formula is C14H26N4O4. The van der Waals surface area contributed by atoms with Gasteiger partial charge in [-0.3, -0.25) is 9.59 Å². The van der Waals surface area contributed by atoms with Crippen molar-refractivity contribution < 1.29 is 19.1 Å². The van der Waals surface area contributed by atoms with E-state index in [4.69, 9.17) is 10.5 Å². The van der Waals surface area contributed by atoms with Crippen LogP contribution >= 0.6 is 0 Å². The molecule has 1 atom stereocenters. The number of nitrogens with one attached hydrogen (secondary N) is 1. The number of hydrogen-bond acceptors (Lipinski definition) is 5. The zero-order valence-electron chi connectivity index (χ0n) is 13.7. The lowest BCUT2D eigenvalue weighted by atomic mass is 10.1. The number of nitrogens with zero attached hydrogens (tertiary/aromatic N) is 2. The van der Waals surface area contributed by atoms with E-state index in [0.717, 1.165) is 13.1 Å². The molecule has 3 amide bonds. The Bertz CT molecular complexity index is 425.